The van der Waals surface area contributed by atoms with Gasteiger partial charge in [-0.15, -0.1) is 10.2 Å². The molecule has 0 unspecified atom stereocenters. The number of halogens is 2. The highest BCUT2D eigenvalue weighted by atomic mass is 79.9. The summed E-state index contributed by atoms with van der Waals surface area (Å²) in [6, 6.07) is 5.58. The second-order valence-electron chi connectivity index (χ2n) is 2.79. The molecule has 0 N–H and O–H groups in total. The summed E-state index contributed by atoms with van der Waals surface area (Å²) in [4.78, 5) is 0. The minimum atomic E-state index is 0.309. The van der Waals surface area contributed by atoms with Crippen molar-refractivity contribution in [3.8, 4) is 11.4 Å². The Morgan fingerprint density at radius 1 is 1.47 bits per heavy atom. The third-order valence-electron chi connectivity index (χ3n) is 1.92. The van der Waals surface area contributed by atoms with Gasteiger partial charge in [0.05, 0.1) is 12.8 Å². The molecule has 0 radical (unpaired) electrons. The molecule has 6 heteroatoms. The molecule has 1 aromatic heterocycles. The summed E-state index contributed by atoms with van der Waals surface area (Å²) in [5.74, 6) is 0.748. The average molecular weight is 289 g/mol. The summed E-state index contributed by atoms with van der Waals surface area (Å²) in [6.45, 7) is 0. The Labute approximate surface area is 100.0 Å². The zero-order valence-corrected chi connectivity index (χ0v) is 10.2. The van der Waals surface area contributed by atoms with Crippen molar-refractivity contribution in [1.29, 1.82) is 0 Å². The van der Waals surface area contributed by atoms with E-state index in [1.165, 1.54) is 0 Å². The van der Waals surface area contributed by atoms with Gasteiger partial charge in [-0.1, -0.05) is 0 Å². The topological polar surface area (TPSA) is 39.9 Å². The van der Waals surface area contributed by atoms with Gasteiger partial charge in [0.2, 0.25) is 5.28 Å². The summed E-state index contributed by atoms with van der Waals surface area (Å²) in [6.07, 6.45) is 1.54. The Balaban J connectivity index is 2.56. The molecular formula is C9H7BrClN3O. The van der Waals surface area contributed by atoms with Crippen LogP contribution in [0.4, 0.5) is 0 Å². The van der Waals surface area contributed by atoms with Gasteiger partial charge in [0.15, 0.2) is 0 Å². The fourth-order valence-corrected chi connectivity index (χ4v) is 1.80. The van der Waals surface area contributed by atoms with Gasteiger partial charge in [0.25, 0.3) is 0 Å². The van der Waals surface area contributed by atoms with Crippen molar-refractivity contribution < 1.29 is 4.74 Å². The monoisotopic (exact) mass is 287 g/mol. The summed E-state index contributed by atoms with van der Waals surface area (Å²) in [5.41, 5.74) is 0.837. The minimum Gasteiger partial charge on any atom is -0.497 e. The number of hydrogen-bond donors (Lipinski definition) is 0. The maximum atomic E-state index is 5.87. The van der Waals surface area contributed by atoms with Crippen LogP contribution in [0.5, 0.6) is 5.75 Å². The highest BCUT2D eigenvalue weighted by molar-refractivity contribution is 9.10. The van der Waals surface area contributed by atoms with E-state index >= 15 is 0 Å². The maximum absolute atomic E-state index is 5.87. The van der Waals surface area contributed by atoms with Crippen molar-refractivity contribution in [2.24, 2.45) is 0 Å². The fourth-order valence-electron chi connectivity index (χ4n) is 1.19. The predicted octanol–water partition coefficient (Wildman–Crippen LogP) is 2.69. The van der Waals surface area contributed by atoms with E-state index in [-0.39, 0.29) is 0 Å². The van der Waals surface area contributed by atoms with Crippen molar-refractivity contribution in [2.45, 2.75) is 0 Å². The first-order chi connectivity index (χ1) is 7.22. The molecule has 2 aromatic rings. The van der Waals surface area contributed by atoms with E-state index in [1.54, 1.807) is 18.0 Å². The van der Waals surface area contributed by atoms with Crippen LogP contribution < -0.4 is 4.74 Å². The third kappa shape index (κ3) is 1.98. The molecular weight excluding hydrogens is 281 g/mol. The number of rotatable bonds is 2. The molecule has 2 rings (SSSR count). The van der Waals surface area contributed by atoms with Gasteiger partial charge in [-0.2, -0.15) is 0 Å². The van der Waals surface area contributed by atoms with Crippen LogP contribution in [0.1, 0.15) is 0 Å². The lowest BCUT2D eigenvalue weighted by Gasteiger charge is -2.07. The van der Waals surface area contributed by atoms with E-state index in [2.05, 4.69) is 26.1 Å². The van der Waals surface area contributed by atoms with Crippen molar-refractivity contribution in [2.75, 3.05) is 7.11 Å². The van der Waals surface area contributed by atoms with E-state index < -0.39 is 0 Å². The third-order valence-corrected chi connectivity index (χ3v) is 2.85. The molecule has 0 atom stereocenters. The average Bonchev–Trinajstić information content (AvgIpc) is 2.65. The van der Waals surface area contributed by atoms with Gasteiger partial charge in [-0.25, -0.2) is 0 Å². The number of benzene rings is 1. The van der Waals surface area contributed by atoms with Gasteiger partial charge < -0.3 is 4.74 Å². The van der Waals surface area contributed by atoms with Gasteiger partial charge in [0.1, 0.15) is 12.1 Å². The standard InChI is InChI=1S/C9H7BrClN3O/c1-15-6-2-3-7(10)8(4-6)14-5-12-13-9(14)11/h2-5H,1H3. The SMILES string of the molecule is COc1ccc(Br)c(-n2cnnc2Cl)c1. The van der Waals surface area contributed by atoms with Gasteiger partial charge in [0, 0.05) is 10.5 Å². The quantitative estimate of drug-likeness (QED) is 0.853. The van der Waals surface area contributed by atoms with Gasteiger partial charge in [-0.05, 0) is 39.7 Å². The Morgan fingerprint density at radius 2 is 2.27 bits per heavy atom. The molecule has 0 fully saturated rings. The Hall–Kier alpha value is -1.07. The molecule has 78 valence electrons. The summed E-state index contributed by atoms with van der Waals surface area (Å²) >= 11 is 9.29. The van der Waals surface area contributed by atoms with Crippen LogP contribution in [-0.4, -0.2) is 21.9 Å². The van der Waals surface area contributed by atoms with Crippen LogP contribution in [0.25, 0.3) is 5.69 Å². The van der Waals surface area contributed by atoms with Crippen LogP contribution in [-0.2, 0) is 0 Å². The van der Waals surface area contributed by atoms with E-state index in [0.29, 0.717) is 5.28 Å². The van der Waals surface area contributed by atoms with Crippen LogP contribution in [0.3, 0.4) is 0 Å². The zero-order chi connectivity index (χ0) is 10.8. The van der Waals surface area contributed by atoms with E-state index in [1.807, 2.05) is 18.2 Å². The summed E-state index contributed by atoms with van der Waals surface area (Å²) in [5, 5.41) is 7.73. The molecule has 0 saturated carbocycles. The second kappa shape index (κ2) is 4.20. The highest BCUT2D eigenvalue weighted by Gasteiger charge is 2.08. The maximum Gasteiger partial charge on any atom is 0.229 e. The number of ether oxygens (including phenoxy) is 1. The van der Waals surface area contributed by atoms with E-state index in [4.69, 9.17) is 16.3 Å². The molecule has 0 saturated heterocycles. The Kier molecular flexibility index (Phi) is 2.93. The van der Waals surface area contributed by atoms with Crippen molar-refractivity contribution in [1.82, 2.24) is 14.8 Å². The molecule has 0 aliphatic heterocycles. The normalized spacial score (nSPS) is 10.3. The highest BCUT2D eigenvalue weighted by Crippen LogP contribution is 2.27. The molecule has 0 aliphatic rings. The van der Waals surface area contributed by atoms with Gasteiger partial charge in [-0.3, -0.25) is 4.57 Å². The van der Waals surface area contributed by atoms with E-state index in [0.717, 1.165) is 15.9 Å². The molecule has 1 heterocycles. The van der Waals surface area contributed by atoms with Crippen molar-refractivity contribution in [3.63, 3.8) is 0 Å². The second-order valence-corrected chi connectivity index (χ2v) is 3.98. The van der Waals surface area contributed by atoms with Crippen molar-refractivity contribution >= 4 is 27.5 Å². The fraction of sp³-hybridized carbons (Fsp3) is 0.111. The molecule has 0 spiro atoms. The lowest BCUT2D eigenvalue weighted by atomic mass is 10.3. The lowest BCUT2D eigenvalue weighted by Crippen LogP contribution is -1.95. The van der Waals surface area contributed by atoms with Crippen LogP contribution in [0.15, 0.2) is 29.0 Å². The van der Waals surface area contributed by atoms with E-state index in [9.17, 15) is 0 Å². The molecule has 0 amide bonds. The first kappa shape index (κ1) is 10.4. The molecule has 0 bridgehead atoms. The van der Waals surface area contributed by atoms with Crippen LogP contribution in [0, 0.1) is 0 Å². The lowest BCUT2D eigenvalue weighted by molar-refractivity contribution is 0.414. The Bertz CT molecular complexity index is 486. The Morgan fingerprint density at radius 3 is 2.87 bits per heavy atom. The minimum absolute atomic E-state index is 0.309. The predicted molar refractivity (Wildman–Crippen MR) is 60.6 cm³/mol. The van der Waals surface area contributed by atoms with Crippen LogP contribution in [0.2, 0.25) is 5.28 Å². The molecule has 1 aromatic carbocycles. The van der Waals surface area contributed by atoms with Crippen molar-refractivity contribution in [3.05, 3.63) is 34.3 Å². The largest absolute Gasteiger partial charge is 0.497 e. The number of nitrogens with zero attached hydrogens (tertiary/aromatic N) is 3. The number of hydrogen-bond acceptors (Lipinski definition) is 3. The summed E-state index contributed by atoms with van der Waals surface area (Å²) in [7, 11) is 1.61. The number of aromatic nitrogens is 3. The molecule has 4 nitrogen and oxygen atoms in total. The molecule has 0 aliphatic carbocycles. The van der Waals surface area contributed by atoms with Gasteiger partial charge >= 0.3 is 0 Å². The van der Waals surface area contributed by atoms with Crippen LogP contribution >= 0.6 is 27.5 Å². The first-order valence-electron chi connectivity index (χ1n) is 4.12. The first-order valence-corrected chi connectivity index (χ1v) is 5.29. The zero-order valence-electron chi connectivity index (χ0n) is 7.82. The molecule has 15 heavy (non-hydrogen) atoms. The smallest absolute Gasteiger partial charge is 0.229 e. The number of methoxy groups -OCH3 is 1. The summed E-state index contributed by atoms with van der Waals surface area (Å²) < 4.78 is 7.68.